The number of carbonyl (C=O) groups is 1. The van der Waals surface area contributed by atoms with Crippen molar-refractivity contribution in [3.05, 3.63) is 98.1 Å². The maximum absolute atomic E-state index is 12.2. The lowest BCUT2D eigenvalue weighted by atomic mass is 9.72. The minimum absolute atomic E-state index is 0.00177. The van der Waals surface area contributed by atoms with Gasteiger partial charge in [0.1, 0.15) is 11.5 Å². The number of hydrogen-bond acceptors (Lipinski definition) is 8. The average molecular weight is 549 g/mol. The fourth-order valence-corrected chi connectivity index (χ4v) is 4.42. The van der Waals surface area contributed by atoms with E-state index in [1.165, 1.54) is 11.8 Å². The van der Waals surface area contributed by atoms with Gasteiger partial charge < -0.3 is 9.47 Å². The van der Waals surface area contributed by atoms with Crippen LogP contribution in [0.2, 0.25) is 0 Å². The van der Waals surface area contributed by atoms with Gasteiger partial charge in [0, 0.05) is 6.07 Å². The van der Waals surface area contributed by atoms with Gasteiger partial charge in [0.25, 0.3) is 11.6 Å². The second-order valence-corrected chi connectivity index (χ2v) is 11.1. The third-order valence-electron chi connectivity index (χ3n) is 5.82. The predicted octanol–water partition coefficient (Wildman–Crippen LogP) is 6.54. The summed E-state index contributed by atoms with van der Waals surface area (Å²) in [5.41, 5.74) is 3.35. The van der Waals surface area contributed by atoms with E-state index in [9.17, 15) is 25.0 Å². The molecule has 1 N–H and O–H groups in total. The van der Waals surface area contributed by atoms with Crippen LogP contribution in [-0.4, -0.2) is 28.6 Å². The molecule has 0 saturated carbocycles. The topological polar surface area (TPSA) is 146 Å². The number of nitrogens with one attached hydrogen (secondary N) is 1. The van der Waals surface area contributed by atoms with Gasteiger partial charge in [0.2, 0.25) is 5.75 Å². The SMILES string of the molecule is CC(C)(C)CC(C)(C)c1ccc(OCC(=O)N/N=C\c2cccc(Oc3ccc([N+](=O)[O-])cc3[N+](=O)[O-])c2)cc1. The number of amides is 1. The van der Waals surface area contributed by atoms with E-state index in [-0.39, 0.29) is 28.9 Å². The van der Waals surface area contributed by atoms with Crippen LogP contribution in [0.1, 0.15) is 52.2 Å². The third-order valence-corrected chi connectivity index (χ3v) is 5.82. The van der Waals surface area contributed by atoms with Gasteiger partial charge in [-0.2, -0.15) is 5.10 Å². The fourth-order valence-electron chi connectivity index (χ4n) is 4.42. The summed E-state index contributed by atoms with van der Waals surface area (Å²) in [6.07, 6.45) is 2.40. The van der Waals surface area contributed by atoms with Gasteiger partial charge >= 0.3 is 5.69 Å². The largest absolute Gasteiger partial charge is 0.484 e. The summed E-state index contributed by atoms with van der Waals surface area (Å²) in [6, 6.07) is 17.2. The van der Waals surface area contributed by atoms with Crippen molar-refractivity contribution in [2.24, 2.45) is 10.5 Å². The molecule has 0 aliphatic heterocycles. The van der Waals surface area contributed by atoms with Crippen LogP contribution in [0, 0.1) is 25.6 Å². The molecule has 0 heterocycles. The molecule has 0 radical (unpaired) electrons. The normalized spacial score (nSPS) is 11.7. The van der Waals surface area contributed by atoms with Gasteiger partial charge in [0.15, 0.2) is 6.61 Å². The Bertz CT molecular complexity index is 1410. The van der Waals surface area contributed by atoms with E-state index in [0.29, 0.717) is 11.3 Å². The summed E-state index contributed by atoms with van der Waals surface area (Å²) < 4.78 is 11.2. The molecular weight excluding hydrogens is 516 g/mol. The molecule has 0 bridgehead atoms. The molecule has 0 unspecified atom stereocenters. The fraction of sp³-hybridized carbons (Fsp3) is 0.310. The molecule has 3 rings (SSSR count). The first-order valence-corrected chi connectivity index (χ1v) is 12.5. The zero-order valence-electron chi connectivity index (χ0n) is 23.0. The zero-order valence-corrected chi connectivity index (χ0v) is 23.0. The number of benzene rings is 3. The minimum Gasteiger partial charge on any atom is -0.484 e. The zero-order chi connectivity index (χ0) is 29.5. The average Bonchev–Trinajstić information content (AvgIpc) is 2.86. The lowest BCUT2D eigenvalue weighted by molar-refractivity contribution is -0.394. The van der Waals surface area contributed by atoms with E-state index < -0.39 is 27.1 Å². The van der Waals surface area contributed by atoms with Gasteiger partial charge in [-0.3, -0.25) is 25.0 Å². The summed E-state index contributed by atoms with van der Waals surface area (Å²) >= 11 is 0. The third kappa shape index (κ3) is 8.62. The molecule has 0 atom stereocenters. The number of hydrazone groups is 1. The van der Waals surface area contributed by atoms with Crippen molar-refractivity contribution in [2.45, 2.75) is 46.5 Å². The van der Waals surface area contributed by atoms with Crippen LogP contribution >= 0.6 is 0 Å². The molecule has 11 heteroatoms. The van der Waals surface area contributed by atoms with Crippen molar-refractivity contribution in [2.75, 3.05) is 6.61 Å². The van der Waals surface area contributed by atoms with Crippen LogP contribution in [0.15, 0.2) is 71.8 Å². The monoisotopic (exact) mass is 548 g/mol. The number of rotatable bonds is 11. The number of ether oxygens (including phenoxy) is 2. The molecule has 210 valence electrons. The maximum Gasteiger partial charge on any atom is 0.318 e. The van der Waals surface area contributed by atoms with E-state index in [1.54, 1.807) is 24.3 Å². The van der Waals surface area contributed by atoms with Gasteiger partial charge in [0.05, 0.1) is 22.1 Å². The lowest BCUT2D eigenvalue weighted by Crippen LogP contribution is -2.25. The molecular formula is C29H32N4O7. The molecule has 11 nitrogen and oxygen atoms in total. The molecule has 40 heavy (non-hydrogen) atoms. The first-order valence-electron chi connectivity index (χ1n) is 12.5. The Morgan fingerprint density at radius 1 is 0.925 bits per heavy atom. The van der Waals surface area contributed by atoms with E-state index in [4.69, 9.17) is 9.47 Å². The van der Waals surface area contributed by atoms with Crippen molar-refractivity contribution in [1.82, 2.24) is 5.43 Å². The Morgan fingerprint density at radius 2 is 1.62 bits per heavy atom. The highest BCUT2D eigenvalue weighted by Crippen LogP contribution is 2.37. The van der Waals surface area contributed by atoms with E-state index in [1.807, 2.05) is 24.3 Å². The lowest BCUT2D eigenvalue weighted by Gasteiger charge is -2.33. The maximum atomic E-state index is 12.2. The number of hydrogen-bond donors (Lipinski definition) is 1. The van der Waals surface area contributed by atoms with Crippen LogP contribution < -0.4 is 14.9 Å². The number of carbonyl (C=O) groups excluding carboxylic acids is 1. The highest BCUT2D eigenvalue weighted by atomic mass is 16.6. The first kappa shape index (κ1) is 29.8. The Hall–Kier alpha value is -4.80. The summed E-state index contributed by atoms with van der Waals surface area (Å²) in [5, 5.41) is 26.2. The molecule has 0 aliphatic carbocycles. The van der Waals surface area contributed by atoms with E-state index >= 15 is 0 Å². The number of nitrogens with zero attached hydrogens (tertiary/aromatic N) is 3. The second kappa shape index (κ2) is 12.4. The van der Waals surface area contributed by atoms with Crippen molar-refractivity contribution >= 4 is 23.5 Å². The van der Waals surface area contributed by atoms with Crippen LogP contribution in [0.5, 0.6) is 17.2 Å². The van der Waals surface area contributed by atoms with Crippen LogP contribution in [-0.2, 0) is 10.2 Å². The smallest absolute Gasteiger partial charge is 0.318 e. The molecule has 1 amide bonds. The standard InChI is InChI=1S/C29H32N4O7/c1-28(2,3)19-29(4,5)21-9-12-23(13-10-21)39-18-27(34)31-30-17-20-7-6-8-24(15-20)40-26-14-11-22(32(35)36)16-25(26)33(37)38/h6-17H,18-19H2,1-5H3,(H,31,34)/b30-17-. The van der Waals surface area contributed by atoms with E-state index in [0.717, 1.165) is 24.6 Å². The summed E-state index contributed by atoms with van der Waals surface area (Å²) in [7, 11) is 0. The van der Waals surface area contributed by atoms with Crippen molar-refractivity contribution in [1.29, 1.82) is 0 Å². The summed E-state index contributed by atoms with van der Waals surface area (Å²) in [4.78, 5) is 33.0. The van der Waals surface area contributed by atoms with Crippen LogP contribution in [0.25, 0.3) is 0 Å². The van der Waals surface area contributed by atoms with Gasteiger partial charge in [-0.1, -0.05) is 58.9 Å². The molecule has 0 fully saturated rings. The van der Waals surface area contributed by atoms with Crippen LogP contribution in [0.4, 0.5) is 11.4 Å². The highest BCUT2D eigenvalue weighted by molar-refractivity contribution is 5.83. The van der Waals surface area contributed by atoms with Crippen LogP contribution in [0.3, 0.4) is 0 Å². The second-order valence-electron chi connectivity index (χ2n) is 11.1. The number of non-ortho nitro benzene ring substituents is 1. The highest BCUT2D eigenvalue weighted by Gasteiger charge is 2.27. The van der Waals surface area contributed by atoms with E-state index in [2.05, 4.69) is 45.1 Å². The Labute approximate surface area is 232 Å². The number of nitro benzene ring substituents is 2. The Balaban J connectivity index is 1.55. The van der Waals surface area contributed by atoms with Gasteiger partial charge in [-0.05, 0) is 58.7 Å². The summed E-state index contributed by atoms with van der Waals surface area (Å²) in [5.74, 6) is 0.201. The van der Waals surface area contributed by atoms with Crippen molar-refractivity contribution < 1.29 is 24.1 Å². The van der Waals surface area contributed by atoms with Crippen molar-refractivity contribution in [3.63, 3.8) is 0 Å². The van der Waals surface area contributed by atoms with Gasteiger partial charge in [-0.25, -0.2) is 5.43 Å². The molecule has 0 saturated heterocycles. The number of nitro groups is 2. The molecule has 0 aromatic heterocycles. The van der Waals surface area contributed by atoms with Crippen molar-refractivity contribution in [3.8, 4) is 17.2 Å². The minimum atomic E-state index is -0.756. The molecule has 3 aromatic carbocycles. The quantitative estimate of drug-likeness (QED) is 0.163. The Kier molecular flexibility index (Phi) is 9.20. The first-order chi connectivity index (χ1) is 18.7. The summed E-state index contributed by atoms with van der Waals surface area (Å²) in [6.45, 7) is 10.8. The Morgan fingerprint density at radius 3 is 2.25 bits per heavy atom. The molecule has 3 aromatic rings. The predicted molar refractivity (Wildman–Crippen MR) is 151 cm³/mol. The molecule has 0 aliphatic rings. The molecule has 0 spiro atoms. The van der Waals surface area contributed by atoms with Gasteiger partial charge in [-0.15, -0.1) is 0 Å².